The molecule has 1 rings (SSSR count). The van der Waals surface area contributed by atoms with E-state index in [9.17, 15) is 9.18 Å². The van der Waals surface area contributed by atoms with Gasteiger partial charge in [0, 0.05) is 12.3 Å². The van der Waals surface area contributed by atoms with Crippen LogP contribution in [0.1, 0.15) is 32.8 Å². The van der Waals surface area contributed by atoms with Crippen molar-refractivity contribution in [2.75, 3.05) is 0 Å². The molecule has 0 amide bonds. The van der Waals surface area contributed by atoms with Gasteiger partial charge in [-0.2, -0.15) is 0 Å². The normalized spacial score (nSPS) is 12.8. The standard InChI is InChI=1S/C14H19FO/c1-10(2)8-14(16)11(3)9-12-4-6-13(15)7-5-12/h4-7,10-11H,8-9H2,1-3H3. The molecular weight excluding hydrogens is 203 g/mol. The van der Waals surface area contributed by atoms with Crippen molar-refractivity contribution in [1.29, 1.82) is 0 Å². The molecule has 0 saturated heterocycles. The minimum atomic E-state index is -0.232. The summed E-state index contributed by atoms with van der Waals surface area (Å²) < 4.78 is 12.7. The van der Waals surface area contributed by atoms with Crippen molar-refractivity contribution in [2.45, 2.75) is 33.6 Å². The first kappa shape index (κ1) is 12.9. The molecule has 2 heteroatoms. The number of rotatable bonds is 5. The molecule has 1 nitrogen and oxygen atoms in total. The molecule has 0 aromatic heterocycles. The highest BCUT2D eigenvalue weighted by molar-refractivity contribution is 5.81. The van der Waals surface area contributed by atoms with E-state index < -0.39 is 0 Å². The van der Waals surface area contributed by atoms with E-state index in [4.69, 9.17) is 0 Å². The fourth-order valence-corrected chi connectivity index (χ4v) is 1.69. The largest absolute Gasteiger partial charge is 0.299 e. The summed E-state index contributed by atoms with van der Waals surface area (Å²) in [6.07, 6.45) is 1.33. The van der Waals surface area contributed by atoms with Crippen LogP contribution in [0.2, 0.25) is 0 Å². The van der Waals surface area contributed by atoms with E-state index in [1.165, 1.54) is 12.1 Å². The summed E-state index contributed by atoms with van der Waals surface area (Å²) in [6, 6.07) is 6.37. The topological polar surface area (TPSA) is 17.1 Å². The van der Waals surface area contributed by atoms with E-state index in [2.05, 4.69) is 0 Å². The minimum absolute atomic E-state index is 0.0212. The smallest absolute Gasteiger partial charge is 0.136 e. The highest BCUT2D eigenvalue weighted by Gasteiger charge is 2.14. The quantitative estimate of drug-likeness (QED) is 0.743. The van der Waals surface area contributed by atoms with Crippen molar-refractivity contribution < 1.29 is 9.18 Å². The second-order valence-electron chi connectivity index (χ2n) is 4.80. The summed E-state index contributed by atoms with van der Waals surface area (Å²) in [4.78, 5) is 11.8. The Bertz CT molecular complexity index is 340. The fourth-order valence-electron chi connectivity index (χ4n) is 1.69. The molecule has 0 spiro atoms. The molecule has 1 atom stereocenters. The monoisotopic (exact) mass is 222 g/mol. The van der Waals surface area contributed by atoms with Crippen LogP contribution in [-0.4, -0.2) is 5.78 Å². The third-order valence-electron chi connectivity index (χ3n) is 2.61. The van der Waals surface area contributed by atoms with E-state index in [-0.39, 0.29) is 11.7 Å². The first-order valence-electron chi connectivity index (χ1n) is 5.76. The number of benzene rings is 1. The van der Waals surface area contributed by atoms with Crippen LogP contribution >= 0.6 is 0 Å². The van der Waals surface area contributed by atoms with Crippen molar-refractivity contribution in [2.24, 2.45) is 11.8 Å². The van der Waals surface area contributed by atoms with E-state index in [1.54, 1.807) is 12.1 Å². The Morgan fingerprint density at radius 1 is 1.19 bits per heavy atom. The Hall–Kier alpha value is -1.18. The number of Topliss-reactive ketones (excluding diaryl/α,β-unsaturated/α-hetero) is 1. The lowest BCUT2D eigenvalue weighted by Gasteiger charge is -2.12. The third kappa shape index (κ3) is 4.13. The van der Waals surface area contributed by atoms with Crippen LogP contribution in [0.15, 0.2) is 24.3 Å². The number of carbonyl (C=O) groups excluding carboxylic acids is 1. The Balaban J connectivity index is 2.53. The van der Waals surface area contributed by atoms with E-state index in [1.807, 2.05) is 20.8 Å². The summed E-state index contributed by atoms with van der Waals surface area (Å²) in [7, 11) is 0. The molecule has 0 aliphatic rings. The molecule has 16 heavy (non-hydrogen) atoms. The van der Waals surface area contributed by atoms with Gasteiger partial charge in [-0.05, 0) is 30.0 Å². The van der Waals surface area contributed by atoms with Crippen molar-refractivity contribution in [3.8, 4) is 0 Å². The second kappa shape index (κ2) is 5.78. The Labute approximate surface area is 96.7 Å². The van der Waals surface area contributed by atoms with Crippen molar-refractivity contribution in [3.63, 3.8) is 0 Å². The lowest BCUT2D eigenvalue weighted by Crippen LogP contribution is -2.15. The zero-order valence-electron chi connectivity index (χ0n) is 10.2. The zero-order chi connectivity index (χ0) is 12.1. The van der Waals surface area contributed by atoms with Crippen LogP contribution in [0.3, 0.4) is 0 Å². The van der Waals surface area contributed by atoms with Crippen LogP contribution in [-0.2, 0) is 11.2 Å². The summed E-state index contributed by atoms with van der Waals surface area (Å²) in [6.45, 7) is 6.03. The Kier molecular flexibility index (Phi) is 4.66. The molecule has 1 aromatic rings. The molecule has 0 N–H and O–H groups in total. The molecule has 0 saturated carbocycles. The van der Waals surface area contributed by atoms with E-state index in [0.717, 1.165) is 5.56 Å². The summed E-state index contributed by atoms with van der Waals surface area (Å²) in [5.41, 5.74) is 1.02. The Morgan fingerprint density at radius 2 is 1.75 bits per heavy atom. The van der Waals surface area contributed by atoms with Gasteiger partial charge in [0.05, 0.1) is 0 Å². The maximum absolute atomic E-state index is 12.7. The predicted octanol–water partition coefficient (Wildman–Crippen LogP) is 3.62. The minimum Gasteiger partial charge on any atom is -0.299 e. The summed E-state index contributed by atoms with van der Waals surface area (Å²) in [5.74, 6) is 0.486. The summed E-state index contributed by atoms with van der Waals surface area (Å²) in [5, 5.41) is 0. The van der Waals surface area contributed by atoms with Crippen LogP contribution < -0.4 is 0 Å². The molecule has 1 aromatic carbocycles. The molecule has 0 aliphatic heterocycles. The SMILES string of the molecule is CC(C)CC(=O)C(C)Cc1ccc(F)cc1. The first-order valence-corrected chi connectivity index (χ1v) is 5.76. The second-order valence-corrected chi connectivity index (χ2v) is 4.80. The highest BCUT2D eigenvalue weighted by Crippen LogP contribution is 2.14. The zero-order valence-corrected chi connectivity index (χ0v) is 10.2. The van der Waals surface area contributed by atoms with Crippen LogP contribution in [0, 0.1) is 17.7 Å². The number of hydrogen-bond donors (Lipinski definition) is 0. The highest BCUT2D eigenvalue weighted by atomic mass is 19.1. The van der Waals surface area contributed by atoms with Crippen LogP contribution in [0.5, 0.6) is 0 Å². The number of ketones is 1. The fraction of sp³-hybridized carbons (Fsp3) is 0.500. The van der Waals surface area contributed by atoms with Gasteiger partial charge in [0.2, 0.25) is 0 Å². The lowest BCUT2D eigenvalue weighted by atomic mass is 9.92. The number of halogens is 1. The molecule has 88 valence electrons. The van der Waals surface area contributed by atoms with Gasteiger partial charge in [0.25, 0.3) is 0 Å². The lowest BCUT2D eigenvalue weighted by molar-refractivity contribution is -0.123. The average molecular weight is 222 g/mol. The van der Waals surface area contributed by atoms with Gasteiger partial charge in [-0.3, -0.25) is 4.79 Å². The van der Waals surface area contributed by atoms with Crippen molar-refractivity contribution >= 4 is 5.78 Å². The molecule has 0 bridgehead atoms. The molecular formula is C14H19FO. The molecule has 0 fully saturated rings. The van der Waals surface area contributed by atoms with Gasteiger partial charge in [-0.15, -0.1) is 0 Å². The van der Waals surface area contributed by atoms with Gasteiger partial charge in [-0.25, -0.2) is 4.39 Å². The maximum Gasteiger partial charge on any atom is 0.136 e. The predicted molar refractivity (Wildman–Crippen MR) is 63.7 cm³/mol. The van der Waals surface area contributed by atoms with Gasteiger partial charge in [0.1, 0.15) is 11.6 Å². The van der Waals surface area contributed by atoms with Crippen LogP contribution in [0.25, 0.3) is 0 Å². The maximum atomic E-state index is 12.7. The van der Waals surface area contributed by atoms with Gasteiger partial charge in [-0.1, -0.05) is 32.9 Å². The molecule has 0 heterocycles. The van der Waals surface area contributed by atoms with Crippen LogP contribution in [0.4, 0.5) is 4.39 Å². The van der Waals surface area contributed by atoms with Gasteiger partial charge >= 0.3 is 0 Å². The summed E-state index contributed by atoms with van der Waals surface area (Å²) >= 11 is 0. The van der Waals surface area contributed by atoms with E-state index in [0.29, 0.717) is 24.5 Å². The molecule has 1 unspecified atom stereocenters. The Morgan fingerprint density at radius 3 is 2.25 bits per heavy atom. The van der Waals surface area contributed by atoms with Gasteiger partial charge < -0.3 is 0 Å². The molecule has 0 radical (unpaired) electrons. The van der Waals surface area contributed by atoms with Crippen molar-refractivity contribution in [3.05, 3.63) is 35.6 Å². The van der Waals surface area contributed by atoms with E-state index >= 15 is 0 Å². The third-order valence-corrected chi connectivity index (χ3v) is 2.61. The molecule has 0 aliphatic carbocycles. The van der Waals surface area contributed by atoms with Gasteiger partial charge in [0.15, 0.2) is 0 Å². The first-order chi connectivity index (χ1) is 7.49. The van der Waals surface area contributed by atoms with Crippen molar-refractivity contribution in [1.82, 2.24) is 0 Å². The number of carbonyl (C=O) groups is 1. The number of hydrogen-bond acceptors (Lipinski definition) is 1. The average Bonchev–Trinajstić information content (AvgIpc) is 2.20.